The summed E-state index contributed by atoms with van der Waals surface area (Å²) in [6.07, 6.45) is 0. The first-order chi connectivity index (χ1) is 8.78. The van der Waals surface area contributed by atoms with Crippen LogP contribution >= 0.6 is 0 Å². The molecule has 1 aromatic rings. The first-order valence-electron chi connectivity index (χ1n) is 7.24. The highest BCUT2D eigenvalue weighted by Crippen LogP contribution is 2.17. The van der Waals surface area contributed by atoms with Crippen molar-refractivity contribution in [3.8, 4) is 0 Å². The lowest BCUT2D eigenvalue weighted by Crippen LogP contribution is -2.26. The van der Waals surface area contributed by atoms with Gasteiger partial charge in [0.05, 0.1) is 12.2 Å². The number of hydrogen-bond donors (Lipinski definition) is 1. The van der Waals surface area contributed by atoms with Crippen molar-refractivity contribution in [2.45, 2.75) is 65.7 Å². The number of nitrogens with one attached hydrogen (secondary N) is 1. The Balaban J connectivity index is 2.51. The van der Waals surface area contributed by atoms with E-state index < -0.39 is 0 Å². The molecule has 0 saturated heterocycles. The lowest BCUT2D eigenvalue weighted by atomic mass is 9.99. The summed E-state index contributed by atoms with van der Waals surface area (Å²) in [5.74, 6) is 0.542. The highest BCUT2D eigenvalue weighted by molar-refractivity contribution is 5.25. The van der Waals surface area contributed by atoms with Crippen molar-refractivity contribution < 1.29 is 4.74 Å². The number of rotatable bonds is 6. The molecular weight excluding hydrogens is 234 g/mol. The first-order valence-corrected chi connectivity index (χ1v) is 7.24. The molecule has 19 heavy (non-hydrogen) atoms. The standard InChI is InChI=1S/C17H29NO/c1-13(2)18-11-14(3)16-9-7-15(8-10-16)12-19-17(4,5)6/h7-10,13-14,18H,11-12H2,1-6H3. The van der Waals surface area contributed by atoms with Gasteiger partial charge in [-0.15, -0.1) is 0 Å². The van der Waals surface area contributed by atoms with Crippen LogP contribution in [0.15, 0.2) is 24.3 Å². The highest BCUT2D eigenvalue weighted by Gasteiger charge is 2.10. The summed E-state index contributed by atoms with van der Waals surface area (Å²) in [5.41, 5.74) is 2.54. The molecule has 1 aromatic carbocycles. The van der Waals surface area contributed by atoms with Crippen molar-refractivity contribution in [1.29, 1.82) is 0 Å². The third-order valence-corrected chi connectivity index (χ3v) is 3.05. The van der Waals surface area contributed by atoms with Crippen LogP contribution in [0.1, 0.15) is 58.6 Å². The van der Waals surface area contributed by atoms with Gasteiger partial charge in [0.1, 0.15) is 0 Å². The Morgan fingerprint density at radius 2 is 1.63 bits per heavy atom. The molecule has 0 spiro atoms. The van der Waals surface area contributed by atoms with Crippen LogP contribution in [0.25, 0.3) is 0 Å². The van der Waals surface area contributed by atoms with Gasteiger partial charge in [-0.05, 0) is 37.8 Å². The van der Waals surface area contributed by atoms with E-state index in [4.69, 9.17) is 4.74 Å². The predicted molar refractivity (Wildman–Crippen MR) is 82.5 cm³/mol. The molecule has 0 aliphatic heterocycles. The topological polar surface area (TPSA) is 21.3 Å². The smallest absolute Gasteiger partial charge is 0.0724 e. The summed E-state index contributed by atoms with van der Waals surface area (Å²) in [6, 6.07) is 9.32. The van der Waals surface area contributed by atoms with Crippen LogP contribution in [0.3, 0.4) is 0 Å². The van der Waals surface area contributed by atoms with Crippen LogP contribution in [-0.2, 0) is 11.3 Å². The van der Waals surface area contributed by atoms with Crippen LogP contribution in [0.4, 0.5) is 0 Å². The molecule has 2 heteroatoms. The third kappa shape index (κ3) is 6.74. The normalized spacial score (nSPS) is 13.8. The molecule has 0 fully saturated rings. The van der Waals surface area contributed by atoms with Gasteiger partial charge in [0.15, 0.2) is 0 Å². The van der Waals surface area contributed by atoms with E-state index in [0.29, 0.717) is 18.6 Å². The van der Waals surface area contributed by atoms with E-state index in [1.165, 1.54) is 11.1 Å². The molecule has 0 heterocycles. The Morgan fingerprint density at radius 3 is 2.11 bits per heavy atom. The second-order valence-electron chi connectivity index (χ2n) is 6.61. The average Bonchev–Trinajstić information content (AvgIpc) is 2.33. The molecule has 0 aliphatic rings. The summed E-state index contributed by atoms with van der Waals surface area (Å²) >= 11 is 0. The van der Waals surface area contributed by atoms with Crippen LogP contribution in [0.5, 0.6) is 0 Å². The van der Waals surface area contributed by atoms with Gasteiger partial charge >= 0.3 is 0 Å². The zero-order valence-electron chi connectivity index (χ0n) is 13.3. The van der Waals surface area contributed by atoms with Gasteiger partial charge in [0, 0.05) is 12.6 Å². The Hall–Kier alpha value is -0.860. The van der Waals surface area contributed by atoms with Gasteiger partial charge in [-0.2, -0.15) is 0 Å². The van der Waals surface area contributed by atoms with Crippen LogP contribution in [0.2, 0.25) is 0 Å². The molecule has 0 bridgehead atoms. The summed E-state index contributed by atoms with van der Waals surface area (Å²) < 4.78 is 5.78. The molecule has 1 rings (SSSR count). The monoisotopic (exact) mass is 263 g/mol. The Kier molecular flexibility index (Phi) is 6.02. The maximum atomic E-state index is 5.78. The summed E-state index contributed by atoms with van der Waals surface area (Å²) in [7, 11) is 0. The number of benzene rings is 1. The van der Waals surface area contributed by atoms with Crippen LogP contribution < -0.4 is 5.32 Å². The van der Waals surface area contributed by atoms with Gasteiger partial charge in [0.25, 0.3) is 0 Å². The van der Waals surface area contributed by atoms with Gasteiger partial charge in [-0.3, -0.25) is 0 Å². The molecular formula is C17H29NO. The SMILES string of the molecule is CC(C)NCC(C)c1ccc(COC(C)(C)C)cc1. The van der Waals surface area contributed by atoms with Gasteiger partial charge < -0.3 is 10.1 Å². The molecule has 0 saturated carbocycles. The second-order valence-corrected chi connectivity index (χ2v) is 6.61. The quantitative estimate of drug-likeness (QED) is 0.834. The largest absolute Gasteiger partial charge is 0.371 e. The molecule has 0 aromatic heterocycles. The van der Waals surface area contributed by atoms with E-state index in [2.05, 4.69) is 71.1 Å². The zero-order valence-corrected chi connectivity index (χ0v) is 13.3. The second kappa shape index (κ2) is 7.06. The maximum absolute atomic E-state index is 5.78. The van der Waals surface area contributed by atoms with Crippen molar-refractivity contribution in [3.05, 3.63) is 35.4 Å². The Bertz CT molecular complexity index is 362. The van der Waals surface area contributed by atoms with Crippen LogP contribution in [-0.4, -0.2) is 18.2 Å². The molecule has 0 amide bonds. The molecule has 1 N–H and O–H groups in total. The van der Waals surface area contributed by atoms with Crippen molar-refractivity contribution in [2.75, 3.05) is 6.54 Å². The van der Waals surface area contributed by atoms with Crippen molar-refractivity contribution >= 4 is 0 Å². The molecule has 0 radical (unpaired) electrons. The van der Waals surface area contributed by atoms with Crippen LogP contribution in [0, 0.1) is 0 Å². The maximum Gasteiger partial charge on any atom is 0.0724 e. The zero-order chi connectivity index (χ0) is 14.5. The van der Waals surface area contributed by atoms with E-state index >= 15 is 0 Å². The highest BCUT2D eigenvalue weighted by atomic mass is 16.5. The Labute approximate surface area is 118 Å². The fraction of sp³-hybridized carbons (Fsp3) is 0.647. The lowest BCUT2D eigenvalue weighted by Gasteiger charge is -2.20. The minimum atomic E-state index is -0.0762. The summed E-state index contributed by atoms with van der Waals surface area (Å²) in [5, 5.41) is 3.48. The number of ether oxygens (including phenoxy) is 1. The fourth-order valence-electron chi connectivity index (χ4n) is 1.77. The van der Waals surface area contributed by atoms with Crippen molar-refractivity contribution in [1.82, 2.24) is 5.32 Å². The van der Waals surface area contributed by atoms with E-state index in [-0.39, 0.29) is 5.60 Å². The Morgan fingerprint density at radius 1 is 1.05 bits per heavy atom. The van der Waals surface area contributed by atoms with E-state index in [0.717, 1.165) is 6.54 Å². The molecule has 2 nitrogen and oxygen atoms in total. The average molecular weight is 263 g/mol. The predicted octanol–water partition coefficient (Wildman–Crippen LogP) is 4.10. The van der Waals surface area contributed by atoms with E-state index in [1.807, 2.05) is 0 Å². The van der Waals surface area contributed by atoms with Crippen molar-refractivity contribution in [2.24, 2.45) is 0 Å². The minimum Gasteiger partial charge on any atom is -0.371 e. The van der Waals surface area contributed by atoms with Gasteiger partial charge in [0.2, 0.25) is 0 Å². The van der Waals surface area contributed by atoms with E-state index in [9.17, 15) is 0 Å². The summed E-state index contributed by atoms with van der Waals surface area (Å²) in [6.45, 7) is 14.6. The first kappa shape index (κ1) is 16.2. The minimum absolute atomic E-state index is 0.0762. The van der Waals surface area contributed by atoms with Crippen molar-refractivity contribution in [3.63, 3.8) is 0 Å². The fourth-order valence-corrected chi connectivity index (χ4v) is 1.77. The van der Waals surface area contributed by atoms with E-state index in [1.54, 1.807) is 0 Å². The lowest BCUT2D eigenvalue weighted by molar-refractivity contribution is -0.0149. The van der Waals surface area contributed by atoms with Gasteiger partial charge in [-0.25, -0.2) is 0 Å². The molecule has 1 atom stereocenters. The third-order valence-electron chi connectivity index (χ3n) is 3.05. The number of hydrogen-bond acceptors (Lipinski definition) is 2. The summed E-state index contributed by atoms with van der Waals surface area (Å²) in [4.78, 5) is 0. The molecule has 1 unspecified atom stereocenters. The molecule has 0 aliphatic carbocycles. The van der Waals surface area contributed by atoms with Gasteiger partial charge in [-0.1, -0.05) is 45.0 Å². The molecule has 108 valence electrons.